The molecule has 0 aromatic carbocycles. The summed E-state index contributed by atoms with van der Waals surface area (Å²) in [5, 5.41) is 8.98. The van der Waals surface area contributed by atoms with Crippen LogP contribution in [0.5, 0.6) is 0 Å². The van der Waals surface area contributed by atoms with Crippen LogP contribution in [0.1, 0.15) is 19.3 Å². The van der Waals surface area contributed by atoms with E-state index in [4.69, 9.17) is 5.11 Å². The van der Waals surface area contributed by atoms with E-state index in [2.05, 4.69) is 0 Å². The van der Waals surface area contributed by atoms with Crippen molar-refractivity contribution in [3.05, 3.63) is 0 Å². The summed E-state index contributed by atoms with van der Waals surface area (Å²) >= 11 is -0.470. The van der Waals surface area contributed by atoms with Crippen molar-refractivity contribution in [3.63, 3.8) is 0 Å². The second kappa shape index (κ2) is 6.79. The van der Waals surface area contributed by atoms with Crippen molar-refractivity contribution < 1.29 is 43.7 Å². The molecular formula is C10H19F2IN2O2. The normalized spacial score (nSPS) is 22.5. The van der Waals surface area contributed by atoms with Crippen LogP contribution >= 0.6 is 0 Å². The average Bonchev–Trinajstić information content (AvgIpc) is 2.22. The molecule has 0 aromatic rings. The van der Waals surface area contributed by atoms with Gasteiger partial charge in [0.1, 0.15) is 0 Å². The Bertz CT molecular complexity index is 267. The van der Waals surface area contributed by atoms with Crippen molar-refractivity contribution in [2.24, 2.45) is 0 Å². The van der Waals surface area contributed by atoms with E-state index in [1.807, 2.05) is 10.6 Å². The summed E-state index contributed by atoms with van der Waals surface area (Å²) in [4.78, 5) is 12.6. The molecule has 1 aliphatic heterocycles. The second-order valence-electron chi connectivity index (χ2n) is 4.17. The van der Waals surface area contributed by atoms with Gasteiger partial charge in [0.2, 0.25) is 0 Å². The van der Waals surface area contributed by atoms with Gasteiger partial charge in [0.25, 0.3) is 0 Å². The van der Waals surface area contributed by atoms with E-state index < -0.39 is 33.4 Å². The van der Waals surface area contributed by atoms with Crippen molar-refractivity contribution in [1.29, 1.82) is 0 Å². The third-order valence-corrected chi connectivity index (χ3v) is 5.46. The fraction of sp³-hybridized carbons (Fsp3) is 0.900. The van der Waals surface area contributed by atoms with Gasteiger partial charge in [-0.1, -0.05) is 0 Å². The molecule has 0 radical (unpaired) electrons. The van der Waals surface area contributed by atoms with E-state index in [0.717, 1.165) is 0 Å². The summed E-state index contributed by atoms with van der Waals surface area (Å²) in [6.07, 6.45) is 0.949. The predicted molar refractivity (Wildman–Crippen MR) is 54.5 cm³/mol. The van der Waals surface area contributed by atoms with Gasteiger partial charge in [0, 0.05) is 0 Å². The van der Waals surface area contributed by atoms with Gasteiger partial charge >= 0.3 is 110 Å². The Balaban J connectivity index is 2.35. The molecule has 1 atom stereocenters. The summed E-state index contributed by atoms with van der Waals surface area (Å²) in [5.74, 6) is -3.39. The molecule has 0 aliphatic carbocycles. The van der Waals surface area contributed by atoms with Crippen molar-refractivity contribution >= 4 is 5.97 Å². The molecule has 0 unspecified atom stereocenters. The molecule has 0 aromatic heterocycles. The van der Waals surface area contributed by atoms with Gasteiger partial charge in [-0.2, -0.15) is 0 Å². The Labute approximate surface area is 110 Å². The molecule has 3 N–H and O–H groups in total. The number of carboxylic acids is 1. The van der Waals surface area contributed by atoms with Crippen LogP contribution in [0.4, 0.5) is 8.78 Å². The summed E-state index contributed by atoms with van der Waals surface area (Å²) in [6.45, 7) is 0.920. The van der Waals surface area contributed by atoms with E-state index >= 15 is 0 Å². The van der Waals surface area contributed by atoms with Gasteiger partial charge in [-0.05, 0) is 0 Å². The third kappa shape index (κ3) is 5.43. The zero-order valence-electron chi connectivity index (χ0n) is 9.83. The standard InChI is InChI=1S/C10H19F2IN2O2/c1-14-13-8(9(16)17)3-6-15-5-2-4-10(11,12)7-15/h8H,2-7,14H2,1H3,(H,16,17)/t8-/m0/s1. The quantitative estimate of drug-likeness (QED) is 0.296. The SMILES string of the molecule is C[NH2+][I-][C@@H](CCN1CCCC(F)(F)C1)C(=O)O. The molecule has 1 saturated heterocycles. The second-order valence-corrected chi connectivity index (χ2v) is 7.64. The Morgan fingerprint density at radius 2 is 2.35 bits per heavy atom. The number of likely N-dealkylation sites (tertiary alicyclic amines) is 1. The number of halogens is 3. The number of rotatable bonds is 6. The number of hydrogen-bond acceptors (Lipinski definition) is 2. The number of carboxylic acid groups (broad SMARTS) is 1. The van der Waals surface area contributed by atoms with Crippen LogP contribution < -0.4 is 25.0 Å². The van der Waals surface area contributed by atoms with E-state index in [1.54, 1.807) is 4.90 Å². The van der Waals surface area contributed by atoms with Gasteiger partial charge in [-0.15, -0.1) is 0 Å². The Morgan fingerprint density at radius 3 is 2.88 bits per heavy atom. The molecule has 0 saturated carbocycles. The van der Waals surface area contributed by atoms with Crippen LogP contribution in [-0.2, 0) is 4.79 Å². The van der Waals surface area contributed by atoms with Crippen LogP contribution in [0.3, 0.4) is 0 Å². The number of aliphatic carboxylic acids is 1. The van der Waals surface area contributed by atoms with E-state index in [-0.39, 0.29) is 16.9 Å². The maximum absolute atomic E-state index is 13.1. The Morgan fingerprint density at radius 1 is 1.65 bits per heavy atom. The van der Waals surface area contributed by atoms with Crippen LogP contribution in [0.15, 0.2) is 0 Å². The van der Waals surface area contributed by atoms with Crippen molar-refractivity contribution in [2.75, 3.05) is 26.7 Å². The fourth-order valence-corrected chi connectivity index (χ4v) is 3.74. The number of quaternary nitrogens is 1. The summed E-state index contributed by atoms with van der Waals surface area (Å²) in [7, 11) is 1.86. The molecule has 0 spiro atoms. The molecule has 0 amide bonds. The zero-order valence-corrected chi connectivity index (χ0v) is 12.0. The summed E-state index contributed by atoms with van der Waals surface area (Å²) in [5.41, 5.74) is 0. The predicted octanol–water partition coefficient (Wildman–Crippen LogP) is -3.24. The molecule has 4 nitrogen and oxygen atoms in total. The van der Waals surface area contributed by atoms with Crippen molar-refractivity contribution in [1.82, 2.24) is 4.90 Å². The number of carbonyl (C=O) groups is 1. The molecule has 1 aliphatic rings. The number of nitrogens with zero attached hydrogens (tertiary/aromatic N) is 1. The van der Waals surface area contributed by atoms with Crippen LogP contribution in [0, 0.1) is 0 Å². The number of alkyl halides is 3. The van der Waals surface area contributed by atoms with Gasteiger partial charge < -0.3 is 0 Å². The zero-order chi connectivity index (χ0) is 12.9. The monoisotopic (exact) mass is 364 g/mol. The van der Waals surface area contributed by atoms with E-state index in [9.17, 15) is 13.6 Å². The first-order chi connectivity index (χ1) is 7.94. The minimum atomic E-state index is -2.59. The van der Waals surface area contributed by atoms with Gasteiger partial charge in [-0.25, -0.2) is 0 Å². The minimum absolute atomic E-state index is 0.0402. The maximum atomic E-state index is 13.1. The molecule has 1 heterocycles. The van der Waals surface area contributed by atoms with Crippen molar-refractivity contribution in [2.45, 2.75) is 29.1 Å². The first kappa shape index (κ1) is 15.0. The molecule has 7 heteroatoms. The van der Waals surface area contributed by atoms with Gasteiger partial charge in [-0.3, -0.25) is 0 Å². The van der Waals surface area contributed by atoms with Crippen LogP contribution in [-0.4, -0.2) is 52.5 Å². The average molecular weight is 364 g/mol. The molecule has 1 fully saturated rings. The first-order valence-electron chi connectivity index (χ1n) is 5.67. The number of piperidine rings is 1. The fourth-order valence-electron chi connectivity index (χ4n) is 1.93. The summed E-state index contributed by atoms with van der Waals surface area (Å²) < 4.78 is 27.8. The first-order valence-corrected chi connectivity index (χ1v) is 8.16. The molecule has 17 heavy (non-hydrogen) atoms. The molecule has 0 bridgehead atoms. The topological polar surface area (TPSA) is 57.2 Å². The van der Waals surface area contributed by atoms with E-state index in [1.165, 1.54) is 0 Å². The van der Waals surface area contributed by atoms with Gasteiger partial charge in [0.05, 0.1) is 0 Å². The number of hydrogen-bond donors (Lipinski definition) is 2. The molecule has 102 valence electrons. The van der Waals surface area contributed by atoms with Crippen LogP contribution in [0.25, 0.3) is 0 Å². The molecule has 1 rings (SSSR count). The number of nitrogens with two attached hydrogens (primary N) is 1. The molecular weight excluding hydrogens is 345 g/mol. The third-order valence-electron chi connectivity index (χ3n) is 2.72. The summed E-state index contributed by atoms with van der Waals surface area (Å²) in [6, 6.07) is 0. The Kier molecular flexibility index (Phi) is 6.01. The van der Waals surface area contributed by atoms with Crippen LogP contribution in [0.2, 0.25) is 0 Å². The Hall–Kier alpha value is -0.0200. The van der Waals surface area contributed by atoms with E-state index in [0.29, 0.717) is 25.9 Å². The van der Waals surface area contributed by atoms with Crippen molar-refractivity contribution in [3.8, 4) is 0 Å². The van der Waals surface area contributed by atoms with Gasteiger partial charge in [0.15, 0.2) is 0 Å².